The summed E-state index contributed by atoms with van der Waals surface area (Å²) in [7, 11) is 0. The van der Waals surface area contributed by atoms with Crippen LogP contribution in [0.5, 0.6) is 0 Å². The lowest BCUT2D eigenvalue weighted by Gasteiger charge is -2.32. The SMILES string of the molecule is Cc1ccc(CN2CCCC(Cn3cc(CNC(N)=O)nn3)C2)s1.O=C(O)C(F)(F)F. The maximum Gasteiger partial charge on any atom is 0.490 e. The van der Waals surface area contributed by atoms with Crippen LogP contribution in [0.4, 0.5) is 18.0 Å². The Labute approximate surface area is 181 Å². The van der Waals surface area contributed by atoms with Crippen molar-refractivity contribution in [1.29, 1.82) is 0 Å². The molecular weight excluding hydrogens is 437 g/mol. The minimum Gasteiger partial charge on any atom is -0.475 e. The first kappa shape index (κ1) is 24.6. The first-order chi connectivity index (χ1) is 14.5. The van der Waals surface area contributed by atoms with Crippen LogP contribution >= 0.6 is 11.3 Å². The van der Waals surface area contributed by atoms with Crippen LogP contribution in [0.3, 0.4) is 0 Å². The number of aliphatic carboxylic acids is 1. The molecule has 1 fully saturated rings. The van der Waals surface area contributed by atoms with Crippen molar-refractivity contribution in [2.75, 3.05) is 13.1 Å². The first-order valence-corrected chi connectivity index (χ1v) is 10.3. The predicted molar refractivity (Wildman–Crippen MR) is 107 cm³/mol. The Morgan fingerprint density at radius 1 is 1.39 bits per heavy atom. The van der Waals surface area contributed by atoms with Gasteiger partial charge in [0.25, 0.3) is 0 Å². The van der Waals surface area contributed by atoms with E-state index in [-0.39, 0.29) is 0 Å². The van der Waals surface area contributed by atoms with Crippen molar-refractivity contribution in [3.05, 3.63) is 33.8 Å². The molecule has 172 valence electrons. The molecule has 1 saturated heterocycles. The van der Waals surface area contributed by atoms with Crippen LogP contribution in [0.15, 0.2) is 18.3 Å². The molecule has 2 aromatic rings. The number of rotatable bonds is 6. The molecule has 2 aromatic heterocycles. The lowest BCUT2D eigenvalue weighted by Crippen LogP contribution is -2.36. The summed E-state index contributed by atoms with van der Waals surface area (Å²) in [5.74, 6) is -2.18. The highest BCUT2D eigenvalue weighted by Gasteiger charge is 2.38. The molecule has 1 aliphatic rings. The lowest BCUT2D eigenvalue weighted by molar-refractivity contribution is -0.192. The molecule has 0 saturated carbocycles. The Kier molecular flexibility index (Phi) is 8.80. The number of piperidine rings is 1. The van der Waals surface area contributed by atoms with Crippen LogP contribution in [0.1, 0.15) is 28.3 Å². The number of alkyl halides is 3. The number of carbonyl (C=O) groups is 2. The number of nitrogens with one attached hydrogen (secondary N) is 1. The Balaban J connectivity index is 0.000000423. The Morgan fingerprint density at radius 3 is 2.68 bits per heavy atom. The summed E-state index contributed by atoms with van der Waals surface area (Å²) in [6, 6.07) is 3.88. The molecule has 1 atom stereocenters. The van der Waals surface area contributed by atoms with E-state index in [9.17, 15) is 18.0 Å². The van der Waals surface area contributed by atoms with Gasteiger partial charge in [0, 0.05) is 29.4 Å². The fourth-order valence-corrected chi connectivity index (χ4v) is 4.12. The van der Waals surface area contributed by atoms with Gasteiger partial charge in [0.1, 0.15) is 5.69 Å². The summed E-state index contributed by atoms with van der Waals surface area (Å²) in [6.07, 6.45) is -0.758. The molecule has 1 unspecified atom stereocenters. The molecule has 0 radical (unpaired) electrons. The Morgan fingerprint density at radius 2 is 2.10 bits per heavy atom. The molecule has 9 nitrogen and oxygen atoms in total. The summed E-state index contributed by atoms with van der Waals surface area (Å²) in [5.41, 5.74) is 5.80. The number of aryl methyl sites for hydroxylation is 1. The van der Waals surface area contributed by atoms with Gasteiger partial charge in [-0.3, -0.25) is 9.58 Å². The zero-order valence-corrected chi connectivity index (χ0v) is 17.7. The smallest absolute Gasteiger partial charge is 0.475 e. The number of thiophene rings is 1. The summed E-state index contributed by atoms with van der Waals surface area (Å²) < 4.78 is 33.6. The van der Waals surface area contributed by atoms with Crippen molar-refractivity contribution in [2.45, 2.75) is 45.6 Å². The third-order valence-corrected chi connectivity index (χ3v) is 5.48. The second-order valence-electron chi connectivity index (χ2n) is 7.21. The normalized spacial score (nSPS) is 17.0. The van der Waals surface area contributed by atoms with E-state index in [0.29, 0.717) is 12.5 Å². The van der Waals surface area contributed by atoms with E-state index >= 15 is 0 Å². The first-order valence-electron chi connectivity index (χ1n) is 9.53. The summed E-state index contributed by atoms with van der Waals surface area (Å²) in [5, 5.41) is 17.9. The van der Waals surface area contributed by atoms with Crippen LogP contribution < -0.4 is 11.1 Å². The van der Waals surface area contributed by atoms with Gasteiger partial charge in [-0.15, -0.1) is 16.4 Å². The molecule has 3 rings (SSSR count). The number of halogens is 3. The number of carboxylic acid groups (broad SMARTS) is 1. The molecule has 3 heterocycles. The molecule has 1 aliphatic heterocycles. The number of primary amides is 1. The average molecular weight is 462 g/mol. The molecule has 0 aromatic carbocycles. The third-order valence-electron chi connectivity index (χ3n) is 4.50. The van der Waals surface area contributed by atoms with Crippen LogP contribution in [0, 0.1) is 12.8 Å². The third kappa shape index (κ3) is 8.92. The number of carboxylic acids is 1. The number of nitrogens with two attached hydrogens (primary N) is 1. The van der Waals surface area contributed by atoms with Gasteiger partial charge in [-0.2, -0.15) is 13.2 Å². The maximum absolute atomic E-state index is 10.7. The van der Waals surface area contributed by atoms with E-state index in [1.165, 1.54) is 29.1 Å². The lowest BCUT2D eigenvalue weighted by atomic mass is 9.98. The van der Waals surface area contributed by atoms with E-state index in [2.05, 4.69) is 39.6 Å². The van der Waals surface area contributed by atoms with Crippen molar-refractivity contribution in [2.24, 2.45) is 11.7 Å². The second kappa shape index (κ2) is 11.1. The highest BCUT2D eigenvalue weighted by atomic mass is 32.1. The quantitative estimate of drug-likeness (QED) is 0.605. The molecule has 0 aliphatic carbocycles. The molecule has 0 bridgehead atoms. The fraction of sp³-hybridized carbons (Fsp3) is 0.556. The largest absolute Gasteiger partial charge is 0.490 e. The minimum atomic E-state index is -5.08. The van der Waals surface area contributed by atoms with Gasteiger partial charge >= 0.3 is 18.2 Å². The van der Waals surface area contributed by atoms with Crippen LogP contribution in [0.25, 0.3) is 0 Å². The van der Waals surface area contributed by atoms with Crippen molar-refractivity contribution in [1.82, 2.24) is 25.2 Å². The van der Waals surface area contributed by atoms with Gasteiger partial charge in [0.2, 0.25) is 0 Å². The standard InChI is InChI=1S/C16H24N6OS.C2HF3O2/c1-12-4-5-15(24-12)11-21-6-2-3-13(8-21)9-22-10-14(19-20-22)7-18-16(17)23;3-2(4,5)1(6)7/h4-5,10,13H,2-3,6-9,11H2,1H3,(H3,17,18,23);(H,6,7). The predicted octanol–water partition coefficient (Wildman–Crippen LogP) is 2.36. The molecule has 31 heavy (non-hydrogen) atoms. The van der Waals surface area contributed by atoms with Crippen molar-refractivity contribution in [3.63, 3.8) is 0 Å². The van der Waals surface area contributed by atoms with E-state index in [0.717, 1.165) is 25.3 Å². The molecule has 2 amide bonds. The number of amides is 2. The molecule has 4 N–H and O–H groups in total. The number of hydrogen-bond acceptors (Lipinski definition) is 6. The summed E-state index contributed by atoms with van der Waals surface area (Å²) >= 11 is 1.88. The van der Waals surface area contributed by atoms with E-state index in [4.69, 9.17) is 15.6 Å². The van der Waals surface area contributed by atoms with Gasteiger partial charge in [-0.05, 0) is 44.4 Å². The maximum atomic E-state index is 10.7. The average Bonchev–Trinajstić information content (AvgIpc) is 3.29. The monoisotopic (exact) mass is 462 g/mol. The van der Waals surface area contributed by atoms with Gasteiger partial charge < -0.3 is 16.2 Å². The van der Waals surface area contributed by atoms with E-state index in [1.807, 2.05) is 22.2 Å². The molecule has 13 heteroatoms. The van der Waals surface area contributed by atoms with Crippen molar-refractivity contribution < 1.29 is 27.9 Å². The number of aromatic nitrogens is 3. The van der Waals surface area contributed by atoms with E-state index < -0.39 is 18.2 Å². The minimum absolute atomic E-state index is 0.323. The van der Waals surface area contributed by atoms with E-state index in [1.54, 1.807) is 0 Å². The Hall–Kier alpha value is -2.67. The van der Waals surface area contributed by atoms with Gasteiger partial charge in [-0.1, -0.05) is 5.21 Å². The number of nitrogens with zero attached hydrogens (tertiary/aromatic N) is 4. The zero-order valence-electron chi connectivity index (χ0n) is 16.9. The van der Waals surface area contributed by atoms with Crippen LogP contribution in [-0.2, 0) is 24.4 Å². The number of carbonyl (C=O) groups excluding carboxylic acids is 1. The highest BCUT2D eigenvalue weighted by Crippen LogP contribution is 2.23. The number of hydrogen-bond donors (Lipinski definition) is 3. The van der Waals surface area contributed by atoms with Crippen LogP contribution in [-0.4, -0.2) is 56.3 Å². The highest BCUT2D eigenvalue weighted by molar-refractivity contribution is 7.11. The van der Waals surface area contributed by atoms with Gasteiger partial charge in [0.15, 0.2) is 0 Å². The van der Waals surface area contributed by atoms with Gasteiger partial charge in [0.05, 0.1) is 12.7 Å². The summed E-state index contributed by atoms with van der Waals surface area (Å²) in [4.78, 5) is 25.0. The van der Waals surface area contributed by atoms with Gasteiger partial charge in [-0.25, -0.2) is 9.59 Å². The summed E-state index contributed by atoms with van der Waals surface area (Å²) in [6.45, 7) is 6.64. The topological polar surface area (TPSA) is 126 Å². The van der Waals surface area contributed by atoms with Crippen LogP contribution in [0.2, 0.25) is 0 Å². The number of urea groups is 1. The molecule has 0 spiro atoms. The zero-order chi connectivity index (χ0) is 23.0. The fourth-order valence-electron chi connectivity index (χ4n) is 3.19. The second-order valence-corrected chi connectivity index (χ2v) is 8.58. The van der Waals surface area contributed by atoms with Crippen molar-refractivity contribution >= 4 is 23.3 Å². The Bertz CT molecular complexity index is 870. The number of likely N-dealkylation sites (tertiary alicyclic amines) is 1. The molecular formula is C18H25F3N6O3S. The van der Waals surface area contributed by atoms with Crippen molar-refractivity contribution in [3.8, 4) is 0 Å².